The summed E-state index contributed by atoms with van der Waals surface area (Å²) in [6.45, 7) is 2.06. The summed E-state index contributed by atoms with van der Waals surface area (Å²) in [6, 6.07) is 8.30. The molecule has 0 atom stereocenters. The van der Waals surface area contributed by atoms with E-state index in [0.717, 1.165) is 5.56 Å². The molecule has 0 saturated carbocycles. The molecule has 2 aromatic rings. The number of benzene rings is 1. The van der Waals surface area contributed by atoms with Gasteiger partial charge in [-0.3, -0.25) is 0 Å². The molecule has 0 radical (unpaired) electrons. The topological polar surface area (TPSA) is 85.7 Å². The van der Waals surface area contributed by atoms with E-state index in [1.165, 1.54) is 6.07 Å². The highest BCUT2D eigenvalue weighted by Gasteiger charge is 2.09. The van der Waals surface area contributed by atoms with Crippen LogP contribution in [0.4, 0.5) is 5.69 Å². The molecule has 0 unspecified atom stereocenters. The van der Waals surface area contributed by atoms with Gasteiger partial charge in [0.2, 0.25) is 5.76 Å². The van der Waals surface area contributed by atoms with Crippen molar-refractivity contribution in [3.05, 3.63) is 47.4 Å². The third-order valence-electron chi connectivity index (χ3n) is 2.44. The van der Waals surface area contributed by atoms with Gasteiger partial charge in [0, 0.05) is 5.69 Å². The van der Waals surface area contributed by atoms with E-state index in [2.05, 4.69) is 0 Å². The highest BCUT2D eigenvalue weighted by atomic mass is 16.5. The van der Waals surface area contributed by atoms with Gasteiger partial charge >= 0.3 is 5.97 Å². The number of carboxylic acid groups (broad SMARTS) is 1. The van der Waals surface area contributed by atoms with Crippen LogP contribution in [0, 0.1) is 6.92 Å². The molecule has 0 aliphatic carbocycles. The summed E-state index contributed by atoms with van der Waals surface area (Å²) in [4.78, 5) is 10.6. The number of anilines is 1. The van der Waals surface area contributed by atoms with Gasteiger partial charge in [0.15, 0.2) is 0 Å². The first-order valence-electron chi connectivity index (χ1n) is 5.37. The standard InChI is InChI=1S/C13H13NO4/c1-8-6-9(14)2-4-11(8)17-7-10-3-5-12(18-10)13(15)16/h2-6H,7,14H2,1H3,(H,15,16). The Balaban J connectivity index is 2.04. The summed E-state index contributed by atoms with van der Waals surface area (Å²) in [5, 5.41) is 8.71. The fourth-order valence-corrected chi connectivity index (χ4v) is 1.55. The maximum atomic E-state index is 10.6. The van der Waals surface area contributed by atoms with Crippen LogP contribution in [-0.4, -0.2) is 11.1 Å². The van der Waals surface area contributed by atoms with Crippen LogP contribution in [0.2, 0.25) is 0 Å². The Morgan fingerprint density at radius 3 is 2.78 bits per heavy atom. The van der Waals surface area contributed by atoms with Crippen molar-refractivity contribution in [3.8, 4) is 5.75 Å². The summed E-state index contributed by atoms with van der Waals surface area (Å²) in [5.41, 5.74) is 7.22. The number of nitrogen functional groups attached to an aromatic ring is 1. The van der Waals surface area contributed by atoms with Crippen LogP contribution in [0.1, 0.15) is 21.9 Å². The maximum Gasteiger partial charge on any atom is 0.371 e. The maximum absolute atomic E-state index is 10.6. The average molecular weight is 247 g/mol. The number of rotatable bonds is 4. The zero-order chi connectivity index (χ0) is 13.1. The number of aromatic carboxylic acids is 1. The van der Waals surface area contributed by atoms with Crippen molar-refractivity contribution in [2.24, 2.45) is 0 Å². The second-order valence-corrected chi connectivity index (χ2v) is 3.88. The van der Waals surface area contributed by atoms with Gasteiger partial charge in [0.05, 0.1) is 0 Å². The lowest BCUT2D eigenvalue weighted by Gasteiger charge is -2.08. The third kappa shape index (κ3) is 2.63. The lowest BCUT2D eigenvalue weighted by molar-refractivity contribution is 0.0658. The van der Waals surface area contributed by atoms with Crippen LogP contribution in [-0.2, 0) is 6.61 Å². The van der Waals surface area contributed by atoms with E-state index in [1.807, 2.05) is 6.92 Å². The van der Waals surface area contributed by atoms with Crippen LogP contribution in [0.3, 0.4) is 0 Å². The van der Waals surface area contributed by atoms with Gasteiger partial charge in [-0.05, 0) is 42.8 Å². The molecule has 0 amide bonds. The molecule has 5 heteroatoms. The van der Waals surface area contributed by atoms with E-state index in [0.29, 0.717) is 17.2 Å². The van der Waals surface area contributed by atoms with Crippen molar-refractivity contribution >= 4 is 11.7 Å². The molecule has 94 valence electrons. The molecule has 0 aliphatic heterocycles. The highest BCUT2D eigenvalue weighted by molar-refractivity contribution is 5.84. The number of hydrogen-bond donors (Lipinski definition) is 2. The summed E-state index contributed by atoms with van der Waals surface area (Å²) in [5.74, 6) is -0.0337. The summed E-state index contributed by atoms with van der Waals surface area (Å²) >= 11 is 0. The zero-order valence-corrected chi connectivity index (χ0v) is 9.84. The lowest BCUT2D eigenvalue weighted by Crippen LogP contribution is -1.97. The molecule has 0 bridgehead atoms. The van der Waals surface area contributed by atoms with E-state index in [9.17, 15) is 4.79 Å². The molecule has 18 heavy (non-hydrogen) atoms. The molecule has 0 aliphatic rings. The van der Waals surface area contributed by atoms with Gasteiger partial charge in [-0.15, -0.1) is 0 Å². The zero-order valence-electron chi connectivity index (χ0n) is 9.84. The second kappa shape index (κ2) is 4.83. The van der Waals surface area contributed by atoms with Crippen LogP contribution in [0.15, 0.2) is 34.7 Å². The average Bonchev–Trinajstić information content (AvgIpc) is 2.76. The normalized spacial score (nSPS) is 10.3. The second-order valence-electron chi connectivity index (χ2n) is 3.88. The Kier molecular flexibility index (Phi) is 3.23. The molecular formula is C13H13NO4. The van der Waals surface area contributed by atoms with Crippen LogP contribution in [0.5, 0.6) is 5.75 Å². The molecular weight excluding hydrogens is 234 g/mol. The van der Waals surface area contributed by atoms with Crippen molar-refractivity contribution in [1.82, 2.24) is 0 Å². The van der Waals surface area contributed by atoms with Gasteiger partial charge in [0.25, 0.3) is 0 Å². The number of hydrogen-bond acceptors (Lipinski definition) is 4. The van der Waals surface area contributed by atoms with Crippen LogP contribution < -0.4 is 10.5 Å². The fraction of sp³-hybridized carbons (Fsp3) is 0.154. The van der Waals surface area contributed by atoms with Crippen LogP contribution >= 0.6 is 0 Å². The number of furan rings is 1. The lowest BCUT2D eigenvalue weighted by atomic mass is 10.2. The summed E-state index contributed by atoms with van der Waals surface area (Å²) in [7, 11) is 0. The molecule has 5 nitrogen and oxygen atoms in total. The van der Waals surface area contributed by atoms with Crippen LogP contribution in [0.25, 0.3) is 0 Å². The summed E-state index contributed by atoms with van der Waals surface area (Å²) < 4.78 is 10.6. The van der Waals surface area contributed by atoms with Gasteiger partial charge in [-0.2, -0.15) is 0 Å². The molecule has 1 aromatic carbocycles. The molecule has 3 N–H and O–H groups in total. The quantitative estimate of drug-likeness (QED) is 0.810. The molecule has 1 heterocycles. The molecule has 2 rings (SSSR count). The number of nitrogens with two attached hydrogens (primary N) is 1. The van der Waals surface area contributed by atoms with E-state index in [-0.39, 0.29) is 12.4 Å². The van der Waals surface area contributed by atoms with Gasteiger partial charge < -0.3 is 20.0 Å². The van der Waals surface area contributed by atoms with Crippen molar-refractivity contribution in [2.75, 3.05) is 5.73 Å². The van der Waals surface area contributed by atoms with Gasteiger partial charge in [-0.25, -0.2) is 4.79 Å². The van der Waals surface area contributed by atoms with Crippen molar-refractivity contribution in [2.45, 2.75) is 13.5 Å². The molecule has 0 fully saturated rings. The first-order chi connectivity index (χ1) is 8.56. The Labute approximate surface area is 104 Å². The van der Waals surface area contributed by atoms with E-state index in [1.54, 1.807) is 24.3 Å². The van der Waals surface area contributed by atoms with E-state index in [4.69, 9.17) is 20.0 Å². The molecule has 0 spiro atoms. The Bertz CT molecular complexity index is 574. The van der Waals surface area contributed by atoms with Gasteiger partial charge in [-0.1, -0.05) is 0 Å². The predicted octanol–water partition coefficient (Wildman–Crippen LogP) is 2.45. The first-order valence-corrected chi connectivity index (χ1v) is 5.37. The minimum atomic E-state index is -1.09. The highest BCUT2D eigenvalue weighted by Crippen LogP contribution is 2.21. The van der Waals surface area contributed by atoms with Crippen molar-refractivity contribution < 1.29 is 19.1 Å². The van der Waals surface area contributed by atoms with Crippen molar-refractivity contribution in [1.29, 1.82) is 0 Å². The SMILES string of the molecule is Cc1cc(N)ccc1OCc1ccc(C(=O)O)o1. The minimum Gasteiger partial charge on any atom is -0.485 e. The first kappa shape index (κ1) is 12.0. The summed E-state index contributed by atoms with van der Waals surface area (Å²) in [6.07, 6.45) is 0. The number of ether oxygens (including phenoxy) is 1. The van der Waals surface area contributed by atoms with E-state index >= 15 is 0 Å². The molecule has 0 saturated heterocycles. The fourth-order valence-electron chi connectivity index (χ4n) is 1.55. The third-order valence-corrected chi connectivity index (χ3v) is 2.44. The predicted molar refractivity (Wildman–Crippen MR) is 65.6 cm³/mol. The Morgan fingerprint density at radius 2 is 2.17 bits per heavy atom. The Morgan fingerprint density at radius 1 is 1.39 bits per heavy atom. The molecule has 1 aromatic heterocycles. The monoisotopic (exact) mass is 247 g/mol. The number of carboxylic acids is 1. The smallest absolute Gasteiger partial charge is 0.371 e. The largest absolute Gasteiger partial charge is 0.485 e. The van der Waals surface area contributed by atoms with Crippen molar-refractivity contribution in [3.63, 3.8) is 0 Å². The van der Waals surface area contributed by atoms with E-state index < -0.39 is 5.97 Å². The van der Waals surface area contributed by atoms with Gasteiger partial charge in [0.1, 0.15) is 18.1 Å². The minimum absolute atomic E-state index is 0.0948. The Hall–Kier alpha value is -2.43. The number of aryl methyl sites for hydroxylation is 1. The number of carbonyl (C=O) groups is 1.